The summed E-state index contributed by atoms with van der Waals surface area (Å²) in [6, 6.07) is 10.7. The van der Waals surface area contributed by atoms with Gasteiger partial charge in [-0.15, -0.1) is 0 Å². The average Bonchev–Trinajstić information content (AvgIpc) is 2.86. The van der Waals surface area contributed by atoms with E-state index >= 15 is 0 Å². The topological polar surface area (TPSA) is 96.0 Å². The lowest BCUT2D eigenvalue weighted by Gasteiger charge is -2.33. The second-order valence-corrected chi connectivity index (χ2v) is 11.9. The number of rotatable bonds is 10. The number of carbonyl (C=O) groups is 2. The first-order valence-electron chi connectivity index (χ1n) is 12.2. The summed E-state index contributed by atoms with van der Waals surface area (Å²) >= 11 is 12.8. The Kier molecular flexibility index (Phi) is 10.1. The number of carbonyl (C=O) groups excluding carboxylic acids is 2. The minimum Gasteiger partial charge on any atom is -0.495 e. The van der Waals surface area contributed by atoms with Gasteiger partial charge in [-0.05, 0) is 44.0 Å². The highest BCUT2D eigenvalue weighted by Gasteiger charge is 2.32. The Morgan fingerprint density at radius 2 is 1.68 bits per heavy atom. The highest BCUT2D eigenvalue weighted by molar-refractivity contribution is 7.92. The quantitative estimate of drug-likeness (QED) is 0.449. The Hall–Kier alpha value is -2.49. The van der Waals surface area contributed by atoms with Crippen molar-refractivity contribution in [1.29, 1.82) is 0 Å². The van der Waals surface area contributed by atoms with Crippen LogP contribution >= 0.6 is 23.2 Å². The number of sulfonamides is 1. The van der Waals surface area contributed by atoms with Crippen LogP contribution in [0.15, 0.2) is 42.5 Å². The van der Waals surface area contributed by atoms with Crippen LogP contribution in [0.3, 0.4) is 0 Å². The summed E-state index contributed by atoms with van der Waals surface area (Å²) < 4.78 is 31.8. The molecule has 0 heterocycles. The molecule has 0 radical (unpaired) electrons. The lowest BCUT2D eigenvalue weighted by Crippen LogP contribution is -2.53. The molecule has 0 saturated heterocycles. The minimum absolute atomic E-state index is 0.0469. The molecule has 3 rings (SSSR count). The molecule has 37 heavy (non-hydrogen) atoms. The van der Waals surface area contributed by atoms with Crippen LogP contribution in [0.4, 0.5) is 5.69 Å². The molecule has 1 aliphatic rings. The van der Waals surface area contributed by atoms with Crippen LogP contribution in [0.1, 0.15) is 44.6 Å². The van der Waals surface area contributed by atoms with Crippen molar-refractivity contribution in [2.45, 2.75) is 57.7 Å². The monoisotopic (exact) mass is 569 g/mol. The summed E-state index contributed by atoms with van der Waals surface area (Å²) in [6.45, 7) is 1.01. The number of nitrogens with one attached hydrogen (secondary N) is 1. The largest absolute Gasteiger partial charge is 0.495 e. The summed E-state index contributed by atoms with van der Waals surface area (Å²) in [6.07, 6.45) is 6.01. The third-order valence-corrected chi connectivity index (χ3v) is 8.38. The maximum absolute atomic E-state index is 13.8. The van der Waals surface area contributed by atoms with Gasteiger partial charge in [-0.1, -0.05) is 60.7 Å². The first-order valence-corrected chi connectivity index (χ1v) is 14.8. The van der Waals surface area contributed by atoms with Crippen molar-refractivity contribution < 1.29 is 22.7 Å². The predicted molar refractivity (Wildman–Crippen MR) is 147 cm³/mol. The van der Waals surface area contributed by atoms with E-state index < -0.39 is 28.5 Å². The number of benzene rings is 2. The molecule has 0 aliphatic heterocycles. The fraction of sp³-hybridized carbons (Fsp3) is 0.462. The average molecular weight is 571 g/mol. The van der Waals surface area contributed by atoms with Gasteiger partial charge in [0.05, 0.1) is 19.1 Å². The fourth-order valence-electron chi connectivity index (χ4n) is 4.44. The molecule has 0 aromatic heterocycles. The van der Waals surface area contributed by atoms with Gasteiger partial charge in [0.1, 0.15) is 18.3 Å². The highest BCUT2D eigenvalue weighted by Crippen LogP contribution is 2.31. The van der Waals surface area contributed by atoms with E-state index in [4.69, 9.17) is 27.9 Å². The number of hydrogen-bond donors (Lipinski definition) is 1. The smallest absolute Gasteiger partial charge is 0.244 e. The first kappa shape index (κ1) is 29.1. The van der Waals surface area contributed by atoms with Crippen molar-refractivity contribution in [2.75, 3.05) is 24.2 Å². The zero-order valence-corrected chi connectivity index (χ0v) is 23.6. The first-order chi connectivity index (χ1) is 17.5. The van der Waals surface area contributed by atoms with Crippen molar-refractivity contribution in [2.24, 2.45) is 0 Å². The van der Waals surface area contributed by atoms with Crippen LogP contribution < -0.4 is 14.4 Å². The van der Waals surface area contributed by atoms with Gasteiger partial charge in [-0.3, -0.25) is 13.9 Å². The Balaban J connectivity index is 1.94. The van der Waals surface area contributed by atoms with Gasteiger partial charge in [0.2, 0.25) is 21.8 Å². The van der Waals surface area contributed by atoms with E-state index in [1.807, 2.05) is 0 Å². The molecule has 2 aromatic rings. The summed E-state index contributed by atoms with van der Waals surface area (Å²) in [5.74, 6) is -0.602. The molecule has 0 spiro atoms. The molecule has 2 aromatic carbocycles. The number of amides is 2. The Morgan fingerprint density at radius 1 is 1.05 bits per heavy atom. The van der Waals surface area contributed by atoms with Gasteiger partial charge in [-0.2, -0.15) is 0 Å². The number of ether oxygens (including phenoxy) is 1. The van der Waals surface area contributed by atoms with E-state index in [-0.39, 0.29) is 24.2 Å². The second kappa shape index (κ2) is 12.8. The van der Waals surface area contributed by atoms with Crippen molar-refractivity contribution >= 4 is 50.7 Å². The summed E-state index contributed by atoms with van der Waals surface area (Å²) in [5.41, 5.74) is 0.690. The minimum atomic E-state index is -3.88. The molecule has 8 nitrogen and oxygen atoms in total. The van der Waals surface area contributed by atoms with Gasteiger partial charge >= 0.3 is 0 Å². The third-order valence-electron chi connectivity index (χ3n) is 6.54. The normalized spacial score (nSPS) is 15.1. The van der Waals surface area contributed by atoms with E-state index in [1.54, 1.807) is 49.4 Å². The van der Waals surface area contributed by atoms with Crippen LogP contribution in [0, 0.1) is 0 Å². The van der Waals surface area contributed by atoms with E-state index in [2.05, 4.69) is 5.32 Å². The lowest BCUT2D eigenvalue weighted by molar-refractivity contribution is -0.139. The number of hydrogen-bond acceptors (Lipinski definition) is 5. The van der Waals surface area contributed by atoms with E-state index in [9.17, 15) is 18.0 Å². The van der Waals surface area contributed by atoms with Crippen molar-refractivity contribution in [3.63, 3.8) is 0 Å². The number of halogens is 2. The molecule has 0 unspecified atom stereocenters. The molecule has 2 amide bonds. The maximum Gasteiger partial charge on any atom is 0.244 e. The van der Waals surface area contributed by atoms with Crippen LogP contribution in [-0.2, 0) is 26.2 Å². The molecular formula is C26H33Cl2N3O5S. The molecule has 0 bridgehead atoms. The van der Waals surface area contributed by atoms with Crippen LogP contribution in [0.2, 0.25) is 10.0 Å². The Morgan fingerprint density at radius 3 is 2.27 bits per heavy atom. The third kappa shape index (κ3) is 7.52. The number of nitrogens with zero attached hydrogens (tertiary/aromatic N) is 2. The van der Waals surface area contributed by atoms with E-state index in [1.165, 1.54) is 12.0 Å². The van der Waals surface area contributed by atoms with E-state index in [0.29, 0.717) is 21.4 Å². The molecule has 1 aliphatic carbocycles. The summed E-state index contributed by atoms with van der Waals surface area (Å²) in [7, 11) is -2.46. The predicted octanol–water partition coefficient (Wildman–Crippen LogP) is 4.63. The van der Waals surface area contributed by atoms with Crippen LogP contribution in [-0.4, -0.2) is 57.1 Å². The van der Waals surface area contributed by atoms with Crippen molar-refractivity contribution in [3.05, 3.63) is 58.1 Å². The van der Waals surface area contributed by atoms with Gasteiger partial charge in [0.15, 0.2) is 0 Å². The second-order valence-electron chi connectivity index (χ2n) is 9.18. The van der Waals surface area contributed by atoms with Crippen molar-refractivity contribution in [1.82, 2.24) is 10.2 Å². The number of para-hydroxylation sites is 2. The molecule has 1 saturated carbocycles. The van der Waals surface area contributed by atoms with Gasteiger partial charge in [0.25, 0.3) is 0 Å². The molecule has 1 atom stereocenters. The lowest BCUT2D eigenvalue weighted by atomic mass is 9.95. The molecular weight excluding hydrogens is 537 g/mol. The van der Waals surface area contributed by atoms with Gasteiger partial charge in [-0.25, -0.2) is 8.42 Å². The zero-order valence-electron chi connectivity index (χ0n) is 21.2. The summed E-state index contributed by atoms with van der Waals surface area (Å²) in [4.78, 5) is 28.3. The highest BCUT2D eigenvalue weighted by atomic mass is 35.5. The molecule has 1 N–H and O–H groups in total. The van der Waals surface area contributed by atoms with Gasteiger partial charge < -0.3 is 15.0 Å². The maximum atomic E-state index is 13.8. The SMILES string of the molecule is COc1ccccc1N(CC(=O)N(Cc1c(Cl)cccc1Cl)[C@@H](C)C(=O)NC1CCCCC1)S(C)(=O)=O. The Bertz CT molecular complexity index is 1200. The number of methoxy groups -OCH3 is 1. The van der Waals surface area contributed by atoms with Gasteiger partial charge in [0, 0.05) is 28.2 Å². The van der Waals surface area contributed by atoms with E-state index in [0.717, 1.165) is 42.7 Å². The van der Waals surface area contributed by atoms with Crippen LogP contribution in [0.5, 0.6) is 5.75 Å². The standard InChI is InChI=1S/C26H33Cl2N3O5S/c1-18(26(33)29-19-10-5-4-6-11-19)30(16-20-21(27)12-9-13-22(20)28)25(32)17-31(37(3,34)35)23-14-7-8-15-24(23)36-2/h7-9,12-15,18-19H,4-6,10-11,16-17H2,1-3H3,(H,29,33)/t18-/m0/s1. The van der Waals surface area contributed by atoms with Crippen molar-refractivity contribution in [3.8, 4) is 5.75 Å². The fourth-order valence-corrected chi connectivity index (χ4v) is 5.81. The Labute approximate surface area is 228 Å². The molecule has 11 heteroatoms. The van der Waals surface area contributed by atoms with Crippen LogP contribution in [0.25, 0.3) is 0 Å². The molecule has 202 valence electrons. The molecule has 1 fully saturated rings. The number of anilines is 1. The summed E-state index contributed by atoms with van der Waals surface area (Å²) in [5, 5.41) is 3.74. The zero-order chi connectivity index (χ0) is 27.2.